The van der Waals surface area contributed by atoms with Gasteiger partial charge in [0.25, 0.3) is 0 Å². The van der Waals surface area contributed by atoms with E-state index in [2.05, 4.69) is 130 Å². The Labute approximate surface area is 195 Å². The summed E-state index contributed by atoms with van der Waals surface area (Å²) in [6, 6.07) is 17.5. The molecule has 0 saturated heterocycles. The van der Waals surface area contributed by atoms with Gasteiger partial charge in [-0.1, -0.05) is 85.0 Å². The number of hydrogen-bond donors (Lipinski definition) is 0. The second kappa shape index (κ2) is 8.20. The molecular formula is C30H29NS. The molecule has 0 radical (unpaired) electrons. The molecule has 1 nitrogen and oxygen atoms in total. The van der Waals surface area contributed by atoms with Gasteiger partial charge in [0, 0.05) is 26.6 Å². The molecule has 5 rings (SSSR count). The molecule has 160 valence electrons. The van der Waals surface area contributed by atoms with Gasteiger partial charge in [-0.2, -0.15) is 0 Å². The van der Waals surface area contributed by atoms with Gasteiger partial charge < -0.3 is 0 Å². The molecular weight excluding hydrogens is 406 g/mol. The molecule has 0 spiro atoms. The van der Waals surface area contributed by atoms with E-state index in [4.69, 9.17) is 0 Å². The standard InChI is InChI=1S/C30H29NS/c1-21-10-5-6-11-24(21)25-13-9-19-30(3,20-22(25)2)31(4)23-15-17-27-26-12-7-8-14-28(26)32-29(27)18-16-23/h5-20,23H,1-4H3. The Morgan fingerprint density at radius 2 is 1.69 bits per heavy atom. The molecule has 32 heavy (non-hydrogen) atoms. The van der Waals surface area contributed by atoms with Crippen molar-refractivity contribution in [3.63, 3.8) is 0 Å². The molecule has 1 heterocycles. The second-order valence-corrected chi connectivity index (χ2v) is 10.1. The van der Waals surface area contributed by atoms with Crippen LogP contribution in [0.3, 0.4) is 0 Å². The van der Waals surface area contributed by atoms with Crippen molar-refractivity contribution in [1.82, 2.24) is 4.90 Å². The van der Waals surface area contributed by atoms with Crippen molar-refractivity contribution in [2.45, 2.75) is 32.4 Å². The molecule has 3 aromatic rings. The van der Waals surface area contributed by atoms with E-state index in [1.807, 2.05) is 11.3 Å². The molecule has 0 saturated carbocycles. The lowest BCUT2D eigenvalue weighted by molar-refractivity contribution is 0.218. The number of nitrogens with zero attached hydrogens (tertiary/aromatic N) is 1. The SMILES string of the molecule is CC1=CC(C)(N(C)C2C=Cc3sc4ccccc4c3C=C2)C=CC=C1c1ccccc1C. The molecule has 2 heteroatoms. The third-order valence-electron chi connectivity index (χ3n) is 6.84. The maximum absolute atomic E-state index is 2.45. The molecule has 2 aliphatic rings. The predicted octanol–water partition coefficient (Wildman–Crippen LogP) is 7.91. The minimum atomic E-state index is -0.190. The van der Waals surface area contributed by atoms with E-state index >= 15 is 0 Å². The van der Waals surface area contributed by atoms with Crippen LogP contribution in [0.1, 0.15) is 35.4 Å². The Balaban J connectivity index is 1.46. The first-order valence-electron chi connectivity index (χ1n) is 11.2. The van der Waals surface area contributed by atoms with Crippen molar-refractivity contribution in [1.29, 1.82) is 0 Å². The number of allylic oxidation sites excluding steroid dienone is 4. The van der Waals surface area contributed by atoms with E-state index in [1.54, 1.807) is 0 Å². The molecule has 0 aliphatic heterocycles. The van der Waals surface area contributed by atoms with Crippen molar-refractivity contribution in [2.24, 2.45) is 0 Å². The number of thiophene rings is 1. The maximum Gasteiger partial charge on any atom is 0.0560 e. The number of rotatable bonds is 3. The lowest BCUT2D eigenvalue weighted by Gasteiger charge is -2.38. The van der Waals surface area contributed by atoms with Crippen LogP contribution in [-0.2, 0) is 0 Å². The Morgan fingerprint density at radius 1 is 0.938 bits per heavy atom. The fraction of sp³-hybridized carbons (Fsp3) is 0.200. The van der Waals surface area contributed by atoms with Crippen LogP contribution in [0.15, 0.2) is 90.6 Å². The fourth-order valence-corrected chi connectivity index (χ4v) is 5.94. The molecule has 1 aromatic heterocycles. The van der Waals surface area contributed by atoms with Crippen molar-refractivity contribution < 1.29 is 0 Å². The van der Waals surface area contributed by atoms with Crippen molar-refractivity contribution in [2.75, 3.05) is 7.05 Å². The first-order chi connectivity index (χ1) is 15.5. The molecule has 0 bridgehead atoms. The van der Waals surface area contributed by atoms with Gasteiger partial charge in [0.2, 0.25) is 0 Å². The summed E-state index contributed by atoms with van der Waals surface area (Å²) >= 11 is 1.87. The topological polar surface area (TPSA) is 3.24 Å². The van der Waals surface area contributed by atoms with Crippen LogP contribution in [-0.4, -0.2) is 23.5 Å². The quantitative estimate of drug-likeness (QED) is 0.404. The van der Waals surface area contributed by atoms with Crippen molar-refractivity contribution in [3.05, 3.63) is 112 Å². The largest absolute Gasteiger partial charge is 0.284 e. The fourth-order valence-electron chi connectivity index (χ4n) is 4.84. The van der Waals surface area contributed by atoms with Gasteiger partial charge in [0.05, 0.1) is 5.54 Å². The molecule has 0 amide bonds. The van der Waals surface area contributed by atoms with E-state index in [1.165, 1.54) is 42.8 Å². The highest BCUT2D eigenvalue weighted by Gasteiger charge is 2.30. The van der Waals surface area contributed by atoms with Crippen LogP contribution < -0.4 is 0 Å². The molecule has 0 fully saturated rings. The van der Waals surface area contributed by atoms with Crippen molar-refractivity contribution in [3.8, 4) is 0 Å². The van der Waals surface area contributed by atoms with E-state index in [-0.39, 0.29) is 11.6 Å². The van der Waals surface area contributed by atoms with E-state index < -0.39 is 0 Å². The first-order valence-corrected chi connectivity index (χ1v) is 12.0. The number of fused-ring (bicyclic) bond motifs is 3. The Hall–Kier alpha value is -2.94. The molecule has 2 aromatic carbocycles. The summed E-state index contributed by atoms with van der Waals surface area (Å²) in [6.07, 6.45) is 18.5. The van der Waals surface area contributed by atoms with Gasteiger partial charge >= 0.3 is 0 Å². The monoisotopic (exact) mass is 435 g/mol. The average molecular weight is 436 g/mol. The zero-order valence-electron chi connectivity index (χ0n) is 19.2. The van der Waals surface area contributed by atoms with Crippen LogP contribution in [0.25, 0.3) is 27.8 Å². The minimum Gasteiger partial charge on any atom is -0.284 e. The van der Waals surface area contributed by atoms with Gasteiger partial charge in [0.15, 0.2) is 0 Å². The number of likely N-dealkylation sites (N-methyl/N-ethyl adjacent to an activating group) is 1. The van der Waals surface area contributed by atoms with E-state index in [0.717, 1.165) is 0 Å². The summed E-state index contributed by atoms with van der Waals surface area (Å²) in [6.45, 7) is 6.73. The third-order valence-corrected chi connectivity index (χ3v) is 7.99. The van der Waals surface area contributed by atoms with Crippen LogP contribution in [0, 0.1) is 6.92 Å². The molecule has 2 atom stereocenters. The van der Waals surface area contributed by atoms with Gasteiger partial charge in [-0.05, 0) is 62.2 Å². The lowest BCUT2D eigenvalue weighted by atomic mass is 9.91. The summed E-state index contributed by atoms with van der Waals surface area (Å²) < 4.78 is 1.35. The Morgan fingerprint density at radius 3 is 2.53 bits per heavy atom. The van der Waals surface area contributed by atoms with Gasteiger partial charge in [-0.25, -0.2) is 0 Å². The molecule has 2 unspecified atom stereocenters. The minimum absolute atomic E-state index is 0.190. The molecule has 2 aliphatic carbocycles. The normalized spacial score (nSPS) is 22.5. The number of benzene rings is 2. The summed E-state index contributed by atoms with van der Waals surface area (Å²) in [5.41, 5.74) is 6.38. The van der Waals surface area contributed by atoms with Crippen LogP contribution in [0.5, 0.6) is 0 Å². The predicted molar refractivity (Wildman–Crippen MR) is 142 cm³/mol. The summed E-state index contributed by atoms with van der Waals surface area (Å²) in [4.78, 5) is 3.79. The Kier molecular flexibility index (Phi) is 5.36. The van der Waals surface area contributed by atoms with Crippen LogP contribution >= 0.6 is 11.3 Å². The zero-order chi connectivity index (χ0) is 22.3. The van der Waals surface area contributed by atoms with Gasteiger partial charge in [-0.15, -0.1) is 11.3 Å². The van der Waals surface area contributed by atoms with Crippen molar-refractivity contribution >= 4 is 39.1 Å². The summed E-state index contributed by atoms with van der Waals surface area (Å²) in [7, 11) is 2.23. The Bertz CT molecular complexity index is 1330. The van der Waals surface area contributed by atoms with Gasteiger partial charge in [-0.3, -0.25) is 4.90 Å². The smallest absolute Gasteiger partial charge is 0.0560 e. The maximum atomic E-state index is 2.45. The summed E-state index contributed by atoms with van der Waals surface area (Å²) in [5, 5.41) is 1.35. The first kappa shape index (κ1) is 20.9. The lowest BCUT2D eigenvalue weighted by Crippen LogP contribution is -2.45. The second-order valence-electron chi connectivity index (χ2n) is 9.00. The van der Waals surface area contributed by atoms with E-state index in [9.17, 15) is 0 Å². The van der Waals surface area contributed by atoms with Gasteiger partial charge in [0.1, 0.15) is 0 Å². The number of hydrogen-bond acceptors (Lipinski definition) is 2. The average Bonchev–Trinajstić information content (AvgIpc) is 2.90. The highest BCUT2D eigenvalue weighted by Crippen LogP contribution is 2.37. The van der Waals surface area contributed by atoms with Crippen LogP contribution in [0.4, 0.5) is 0 Å². The zero-order valence-corrected chi connectivity index (χ0v) is 20.0. The van der Waals surface area contributed by atoms with Crippen LogP contribution in [0.2, 0.25) is 0 Å². The summed E-state index contributed by atoms with van der Waals surface area (Å²) in [5.74, 6) is 0. The third kappa shape index (κ3) is 3.64. The highest BCUT2D eigenvalue weighted by molar-refractivity contribution is 7.20. The van der Waals surface area contributed by atoms with E-state index in [0.29, 0.717) is 0 Å². The molecule has 0 N–H and O–H groups in total. The number of aryl methyl sites for hydroxylation is 1. The highest BCUT2D eigenvalue weighted by atomic mass is 32.1.